The van der Waals surface area contributed by atoms with E-state index in [9.17, 15) is 4.79 Å². The normalized spacial score (nSPS) is 12.7. The molecule has 0 heterocycles. The molecule has 0 saturated carbocycles. The van der Waals surface area contributed by atoms with E-state index in [0.717, 1.165) is 6.42 Å². The zero-order chi connectivity index (χ0) is 17.0. The van der Waals surface area contributed by atoms with Crippen LogP contribution in [0.15, 0.2) is 48.5 Å². The molecule has 0 aliphatic heterocycles. The number of benzene rings is 2. The average Bonchev–Trinajstić information content (AvgIpc) is 2.46. The molecule has 0 aromatic heterocycles. The first-order valence-corrected chi connectivity index (χ1v) is 8.22. The Morgan fingerprint density at radius 1 is 0.957 bits per heavy atom. The molecular formula is C21H27NO. The summed E-state index contributed by atoms with van der Waals surface area (Å²) in [4.78, 5) is 11.1. The molecule has 1 amide bonds. The predicted molar refractivity (Wildman–Crippen MR) is 97.6 cm³/mol. The first-order valence-electron chi connectivity index (χ1n) is 8.22. The third-order valence-electron chi connectivity index (χ3n) is 4.03. The molecule has 122 valence electrons. The van der Waals surface area contributed by atoms with Crippen molar-refractivity contribution in [2.24, 2.45) is 0 Å². The maximum absolute atomic E-state index is 11.1. The van der Waals surface area contributed by atoms with E-state index in [1.165, 1.54) is 22.3 Å². The number of amides is 1. The molecule has 2 aromatic rings. The van der Waals surface area contributed by atoms with Crippen LogP contribution in [0.4, 0.5) is 0 Å². The minimum Gasteiger partial charge on any atom is -0.354 e. The summed E-state index contributed by atoms with van der Waals surface area (Å²) in [6.45, 7) is 10.3. The molecule has 0 aliphatic carbocycles. The highest BCUT2D eigenvalue weighted by Gasteiger charge is 2.13. The quantitative estimate of drug-likeness (QED) is 0.870. The fourth-order valence-corrected chi connectivity index (χ4v) is 2.75. The first-order chi connectivity index (χ1) is 10.8. The summed E-state index contributed by atoms with van der Waals surface area (Å²) >= 11 is 0. The van der Waals surface area contributed by atoms with Crippen molar-refractivity contribution >= 4 is 5.91 Å². The molecule has 2 heteroatoms. The maximum Gasteiger partial charge on any atom is 0.217 e. The van der Waals surface area contributed by atoms with Gasteiger partial charge in [0.1, 0.15) is 0 Å². The molecule has 0 unspecified atom stereocenters. The molecular weight excluding hydrogens is 282 g/mol. The highest BCUT2D eigenvalue weighted by atomic mass is 16.1. The molecule has 0 fully saturated rings. The fraction of sp³-hybridized carbons (Fsp3) is 0.381. The third-order valence-corrected chi connectivity index (χ3v) is 4.03. The second-order valence-electron chi connectivity index (χ2n) is 7.33. The minimum atomic E-state index is 0.0214. The zero-order valence-corrected chi connectivity index (χ0v) is 14.8. The first kappa shape index (κ1) is 17.3. The molecule has 0 bridgehead atoms. The highest BCUT2D eigenvalue weighted by Crippen LogP contribution is 2.26. The van der Waals surface area contributed by atoms with Crippen molar-refractivity contribution in [1.29, 1.82) is 0 Å². The van der Waals surface area contributed by atoms with Crippen LogP contribution < -0.4 is 5.32 Å². The summed E-state index contributed by atoms with van der Waals surface area (Å²) in [5.41, 5.74) is 5.23. The van der Waals surface area contributed by atoms with E-state index in [1.807, 2.05) is 6.92 Å². The van der Waals surface area contributed by atoms with Crippen molar-refractivity contribution in [1.82, 2.24) is 5.32 Å². The van der Waals surface area contributed by atoms with Crippen molar-refractivity contribution < 1.29 is 4.79 Å². The van der Waals surface area contributed by atoms with Gasteiger partial charge in [0, 0.05) is 13.0 Å². The van der Waals surface area contributed by atoms with Gasteiger partial charge in [-0.2, -0.15) is 0 Å². The predicted octanol–water partition coefficient (Wildman–Crippen LogP) is 4.72. The lowest BCUT2D eigenvalue weighted by molar-refractivity contribution is -0.119. The summed E-state index contributed by atoms with van der Waals surface area (Å²) in [6, 6.07) is 17.6. The molecule has 1 N–H and O–H groups in total. The molecule has 1 atom stereocenters. The van der Waals surface area contributed by atoms with Crippen molar-refractivity contribution in [2.75, 3.05) is 0 Å². The Morgan fingerprint density at radius 3 is 1.87 bits per heavy atom. The van der Waals surface area contributed by atoms with Gasteiger partial charge in [0.15, 0.2) is 0 Å². The summed E-state index contributed by atoms with van der Waals surface area (Å²) < 4.78 is 0. The van der Waals surface area contributed by atoms with Crippen LogP contribution in [0, 0.1) is 0 Å². The number of hydrogen-bond donors (Lipinski definition) is 1. The van der Waals surface area contributed by atoms with Crippen molar-refractivity contribution in [3.63, 3.8) is 0 Å². The molecule has 0 radical (unpaired) electrons. The van der Waals surface area contributed by atoms with Crippen LogP contribution in [0.5, 0.6) is 0 Å². The number of nitrogens with one attached hydrogen (secondary N) is 1. The SMILES string of the molecule is CC(=O)N[C@@H](C)Cc1ccc(-c2ccc(C(C)(C)C)cc2)cc1. The van der Waals surface area contributed by atoms with E-state index in [4.69, 9.17) is 0 Å². The Labute approximate surface area is 139 Å². The molecule has 2 nitrogen and oxygen atoms in total. The summed E-state index contributed by atoms with van der Waals surface area (Å²) in [6.07, 6.45) is 0.850. The Kier molecular flexibility index (Phi) is 5.25. The lowest BCUT2D eigenvalue weighted by atomic mass is 9.86. The second-order valence-corrected chi connectivity index (χ2v) is 7.33. The van der Waals surface area contributed by atoms with Gasteiger partial charge >= 0.3 is 0 Å². The Hall–Kier alpha value is -2.09. The van der Waals surface area contributed by atoms with Crippen LogP contribution >= 0.6 is 0 Å². The molecule has 2 aromatic carbocycles. The summed E-state index contributed by atoms with van der Waals surface area (Å²) in [5, 5.41) is 2.92. The van der Waals surface area contributed by atoms with E-state index >= 15 is 0 Å². The molecule has 23 heavy (non-hydrogen) atoms. The van der Waals surface area contributed by atoms with Crippen molar-refractivity contribution in [3.8, 4) is 11.1 Å². The summed E-state index contributed by atoms with van der Waals surface area (Å²) in [5.74, 6) is 0.0214. The lowest BCUT2D eigenvalue weighted by Gasteiger charge is -2.19. The van der Waals surface area contributed by atoms with Crippen molar-refractivity contribution in [3.05, 3.63) is 59.7 Å². The number of hydrogen-bond acceptors (Lipinski definition) is 1. The Balaban J connectivity index is 2.09. The lowest BCUT2D eigenvalue weighted by Crippen LogP contribution is -2.31. The van der Waals surface area contributed by atoms with Gasteiger partial charge in [-0.15, -0.1) is 0 Å². The van der Waals surface area contributed by atoms with Gasteiger partial charge in [-0.25, -0.2) is 0 Å². The van der Waals surface area contributed by atoms with Gasteiger partial charge in [0.2, 0.25) is 5.91 Å². The van der Waals surface area contributed by atoms with E-state index in [2.05, 4.69) is 74.6 Å². The summed E-state index contributed by atoms with van der Waals surface area (Å²) in [7, 11) is 0. The average molecular weight is 309 g/mol. The van der Waals surface area contributed by atoms with Crippen LogP contribution in [-0.2, 0) is 16.6 Å². The number of rotatable bonds is 4. The highest BCUT2D eigenvalue weighted by molar-refractivity contribution is 5.73. The molecule has 0 spiro atoms. The Morgan fingerprint density at radius 2 is 1.43 bits per heavy atom. The van der Waals surface area contributed by atoms with Gasteiger partial charge in [-0.05, 0) is 41.0 Å². The van der Waals surface area contributed by atoms with E-state index in [1.54, 1.807) is 6.92 Å². The molecule has 0 saturated heterocycles. The van der Waals surface area contributed by atoms with Gasteiger partial charge in [0.05, 0.1) is 0 Å². The van der Waals surface area contributed by atoms with E-state index in [-0.39, 0.29) is 17.4 Å². The van der Waals surface area contributed by atoms with E-state index in [0.29, 0.717) is 0 Å². The largest absolute Gasteiger partial charge is 0.354 e. The van der Waals surface area contributed by atoms with Gasteiger partial charge in [-0.3, -0.25) is 4.79 Å². The topological polar surface area (TPSA) is 29.1 Å². The number of carbonyl (C=O) groups excluding carboxylic acids is 1. The maximum atomic E-state index is 11.1. The van der Waals surface area contributed by atoms with Crippen LogP contribution in [0.25, 0.3) is 11.1 Å². The van der Waals surface area contributed by atoms with E-state index < -0.39 is 0 Å². The molecule has 2 rings (SSSR count). The van der Waals surface area contributed by atoms with Crippen LogP contribution in [0.2, 0.25) is 0 Å². The monoisotopic (exact) mass is 309 g/mol. The minimum absolute atomic E-state index is 0.0214. The zero-order valence-electron chi connectivity index (χ0n) is 14.8. The third kappa shape index (κ3) is 4.95. The van der Waals surface area contributed by atoms with Crippen LogP contribution in [0.1, 0.15) is 45.7 Å². The fourth-order valence-electron chi connectivity index (χ4n) is 2.75. The van der Waals surface area contributed by atoms with Gasteiger partial charge < -0.3 is 5.32 Å². The Bertz CT molecular complexity index is 648. The standard InChI is InChI=1S/C21H27NO/c1-15(22-16(2)23)14-17-6-8-18(9-7-17)19-10-12-20(13-11-19)21(3,4)5/h6-13,15H,14H2,1-5H3,(H,22,23)/t15-/m0/s1. The van der Waals surface area contributed by atoms with Crippen LogP contribution in [-0.4, -0.2) is 11.9 Å². The number of carbonyl (C=O) groups is 1. The van der Waals surface area contributed by atoms with Crippen molar-refractivity contribution in [2.45, 2.75) is 52.5 Å². The second kappa shape index (κ2) is 6.99. The van der Waals surface area contributed by atoms with Crippen LogP contribution in [0.3, 0.4) is 0 Å². The molecule has 0 aliphatic rings. The van der Waals surface area contributed by atoms with Gasteiger partial charge in [0.25, 0.3) is 0 Å². The smallest absolute Gasteiger partial charge is 0.217 e. The van der Waals surface area contributed by atoms with Gasteiger partial charge in [-0.1, -0.05) is 69.3 Å².